The van der Waals surface area contributed by atoms with Crippen molar-refractivity contribution in [3.8, 4) is 22.5 Å². The molecule has 8 aromatic rings. The molecule has 0 N–H and O–H groups in total. The predicted octanol–water partition coefficient (Wildman–Crippen LogP) is 10.1. The summed E-state index contributed by atoms with van der Waals surface area (Å²) in [5.74, 6) is 0. The van der Waals surface area contributed by atoms with E-state index in [2.05, 4.69) is 135 Å². The van der Waals surface area contributed by atoms with E-state index in [0.717, 1.165) is 28.0 Å². The third kappa shape index (κ3) is 3.24. The van der Waals surface area contributed by atoms with Gasteiger partial charge in [-0.1, -0.05) is 97.1 Å². The molecule has 2 aromatic heterocycles. The molecule has 6 aromatic carbocycles. The van der Waals surface area contributed by atoms with E-state index in [4.69, 9.17) is 6.57 Å². The van der Waals surface area contributed by atoms with E-state index < -0.39 is 0 Å². The molecule has 0 saturated heterocycles. The van der Waals surface area contributed by atoms with Crippen LogP contribution in [-0.2, 0) is 0 Å². The summed E-state index contributed by atoms with van der Waals surface area (Å²) in [6.45, 7) is 7.56. The Bertz CT molecular complexity index is 2240. The summed E-state index contributed by atoms with van der Waals surface area (Å²) in [4.78, 5) is 3.69. The standard InChI is InChI=1S/C37H23N3/c1-38-26-11-10-12-27(24-26)39-34-18-7-3-16-31(34)32-22-21-25(23-37(32)39)28-13-2-6-17-33(28)40-35-19-8-4-14-29(35)30-15-5-9-20-36(30)40/h2-24H. The average Bonchev–Trinajstić information content (AvgIpc) is 3.54. The molecule has 0 aliphatic rings. The zero-order valence-electron chi connectivity index (χ0n) is 21.6. The van der Waals surface area contributed by atoms with Crippen LogP contribution in [-0.4, -0.2) is 9.13 Å². The van der Waals surface area contributed by atoms with Crippen LogP contribution in [0.3, 0.4) is 0 Å². The summed E-state index contributed by atoms with van der Waals surface area (Å²) < 4.78 is 4.67. The van der Waals surface area contributed by atoms with Gasteiger partial charge in [-0.05, 0) is 48.0 Å². The summed E-state index contributed by atoms with van der Waals surface area (Å²) in [6.07, 6.45) is 0. The predicted molar refractivity (Wildman–Crippen MR) is 167 cm³/mol. The normalized spacial score (nSPS) is 11.5. The fourth-order valence-electron chi connectivity index (χ4n) is 6.21. The van der Waals surface area contributed by atoms with E-state index in [1.165, 1.54) is 38.1 Å². The van der Waals surface area contributed by atoms with Crippen LogP contribution in [0, 0.1) is 6.57 Å². The van der Waals surface area contributed by atoms with Crippen molar-refractivity contribution in [2.75, 3.05) is 0 Å². The Balaban J connectivity index is 1.43. The number of benzene rings is 6. The number of aromatic nitrogens is 2. The zero-order chi connectivity index (χ0) is 26.6. The Kier molecular flexibility index (Phi) is 4.89. The fraction of sp³-hybridized carbons (Fsp3) is 0. The summed E-state index contributed by atoms with van der Waals surface area (Å²) >= 11 is 0. The maximum Gasteiger partial charge on any atom is 0.189 e. The highest BCUT2D eigenvalue weighted by atomic mass is 15.0. The van der Waals surface area contributed by atoms with Gasteiger partial charge in [-0.2, -0.15) is 0 Å². The summed E-state index contributed by atoms with van der Waals surface area (Å²) in [7, 11) is 0. The Morgan fingerprint density at radius 3 is 1.70 bits per heavy atom. The van der Waals surface area contributed by atoms with E-state index in [1.807, 2.05) is 18.2 Å². The molecule has 0 spiro atoms. The minimum atomic E-state index is 0.635. The highest BCUT2D eigenvalue weighted by molar-refractivity contribution is 6.11. The van der Waals surface area contributed by atoms with E-state index >= 15 is 0 Å². The molecule has 0 bridgehead atoms. The van der Waals surface area contributed by atoms with E-state index in [9.17, 15) is 0 Å². The van der Waals surface area contributed by atoms with Crippen LogP contribution in [0.2, 0.25) is 0 Å². The van der Waals surface area contributed by atoms with Crippen molar-refractivity contribution in [2.24, 2.45) is 0 Å². The molecule has 3 heteroatoms. The van der Waals surface area contributed by atoms with Crippen LogP contribution >= 0.6 is 0 Å². The molecule has 0 atom stereocenters. The first-order valence-electron chi connectivity index (χ1n) is 13.4. The van der Waals surface area contributed by atoms with Crippen LogP contribution in [0.5, 0.6) is 0 Å². The quantitative estimate of drug-likeness (QED) is 0.210. The van der Waals surface area contributed by atoms with Crippen LogP contribution in [0.1, 0.15) is 0 Å². The van der Waals surface area contributed by atoms with Crippen molar-refractivity contribution in [3.63, 3.8) is 0 Å². The summed E-state index contributed by atoms with van der Waals surface area (Å²) in [6, 6.07) is 49.1. The van der Waals surface area contributed by atoms with Gasteiger partial charge >= 0.3 is 0 Å². The highest BCUT2D eigenvalue weighted by Crippen LogP contribution is 2.39. The van der Waals surface area contributed by atoms with Gasteiger partial charge < -0.3 is 9.13 Å². The zero-order valence-corrected chi connectivity index (χ0v) is 21.6. The molecule has 0 saturated carbocycles. The molecule has 0 fully saturated rings. The molecule has 0 radical (unpaired) electrons. The molecule has 0 aliphatic carbocycles. The Morgan fingerprint density at radius 1 is 0.450 bits per heavy atom. The van der Waals surface area contributed by atoms with Crippen LogP contribution in [0.25, 0.3) is 71.0 Å². The van der Waals surface area contributed by atoms with Crippen molar-refractivity contribution in [1.29, 1.82) is 0 Å². The smallest absolute Gasteiger partial charge is 0.189 e. The minimum absolute atomic E-state index is 0.635. The van der Waals surface area contributed by atoms with Gasteiger partial charge in [-0.15, -0.1) is 0 Å². The van der Waals surface area contributed by atoms with Gasteiger partial charge in [0.1, 0.15) is 0 Å². The van der Waals surface area contributed by atoms with Crippen molar-refractivity contribution in [2.45, 2.75) is 0 Å². The summed E-state index contributed by atoms with van der Waals surface area (Å²) in [5, 5.41) is 4.90. The molecule has 0 unspecified atom stereocenters. The van der Waals surface area contributed by atoms with Crippen molar-refractivity contribution >= 4 is 49.3 Å². The maximum atomic E-state index is 7.56. The van der Waals surface area contributed by atoms with E-state index in [-0.39, 0.29) is 0 Å². The first-order chi connectivity index (χ1) is 19.8. The van der Waals surface area contributed by atoms with E-state index in [1.54, 1.807) is 0 Å². The first kappa shape index (κ1) is 22.4. The second kappa shape index (κ2) is 8.73. The minimum Gasteiger partial charge on any atom is -0.310 e. The topological polar surface area (TPSA) is 14.2 Å². The molecule has 40 heavy (non-hydrogen) atoms. The van der Waals surface area contributed by atoms with Gasteiger partial charge in [-0.25, -0.2) is 4.85 Å². The van der Waals surface area contributed by atoms with Crippen LogP contribution in [0.4, 0.5) is 5.69 Å². The third-order valence-electron chi connectivity index (χ3n) is 7.93. The maximum absolute atomic E-state index is 7.56. The van der Waals surface area contributed by atoms with Crippen molar-refractivity contribution in [1.82, 2.24) is 9.13 Å². The van der Waals surface area contributed by atoms with Gasteiger partial charge in [0, 0.05) is 32.8 Å². The largest absolute Gasteiger partial charge is 0.310 e. The highest BCUT2D eigenvalue weighted by Gasteiger charge is 2.17. The Labute approximate surface area is 231 Å². The number of fused-ring (bicyclic) bond motifs is 6. The average molecular weight is 510 g/mol. The van der Waals surface area contributed by atoms with E-state index in [0.29, 0.717) is 5.69 Å². The Morgan fingerprint density at radius 2 is 1.02 bits per heavy atom. The molecule has 8 rings (SSSR count). The van der Waals surface area contributed by atoms with Gasteiger partial charge in [0.05, 0.1) is 34.3 Å². The monoisotopic (exact) mass is 509 g/mol. The van der Waals surface area contributed by atoms with Gasteiger partial charge in [0.15, 0.2) is 5.69 Å². The van der Waals surface area contributed by atoms with Gasteiger partial charge in [0.25, 0.3) is 0 Å². The number of para-hydroxylation sites is 4. The number of hydrogen-bond donors (Lipinski definition) is 0. The molecule has 186 valence electrons. The first-order valence-corrected chi connectivity index (χ1v) is 13.4. The lowest BCUT2D eigenvalue weighted by atomic mass is 10.0. The van der Waals surface area contributed by atoms with Gasteiger partial charge in [-0.3, -0.25) is 0 Å². The number of rotatable bonds is 3. The number of nitrogens with zero attached hydrogens (tertiary/aromatic N) is 3. The lowest BCUT2D eigenvalue weighted by Crippen LogP contribution is -1.97. The van der Waals surface area contributed by atoms with Crippen molar-refractivity contribution < 1.29 is 0 Å². The van der Waals surface area contributed by atoms with Gasteiger partial charge in [0.2, 0.25) is 0 Å². The molecule has 3 nitrogen and oxygen atoms in total. The SMILES string of the molecule is [C-]#[N+]c1cccc(-n2c3ccccc3c3ccc(-c4ccccc4-n4c5ccccc5c5ccccc54)cc32)c1. The molecular weight excluding hydrogens is 486 g/mol. The fourth-order valence-corrected chi connectivity index (χ4v) is 6.21. The molecule has 0 amide bonds. The van der Waals surface area contributed by atoms with Crippen LogP contribution in [0.15, 0.2) is 140 Å². The lowest BCUT2D eigenvalue weighted by molar-refractivity contribution is 1.18. The second-order valence-electron chi connectivity index (χ2n) is 10.1. The number of hydrogen-bond acceptors (Lipinski definition) is 0. The summed E-state index contributed by atoms with van der Waals surface area (Å²) in [5.41, 5.74) is 9.74. The second-order valence-corrected chi connectivity index (χ2v) is 10.1. The van der Waals surface area contributed by atoms with Crippen molar-refractivity contribution in [3.05, 3.63) is 151 Å². The van der Waals surface area contributed by atoms with Crippen LogP contribution < -0.4 is 0 Å². The Hall–Kier alpha value is -5.59. The molecule has 0 aliphatic heterocycles. The third-order valence-corrected chi connectivity index (χ3v) is 7.93. The molecule has 2 heterocycles. The lowest BCUT2D eigenvalue weighted by Gasteiger charge is -2.15. The molecular formula is C37H23N3.